The summed E-state index contributed by atoms with van der Waals surface area (Å²) in [5.41, 5.74) is 2.08. The van der Waals surface area contributed by atoms with E-state index >= 15 is 0 Å². The molecule has 14 heavy (non-hydrogen) atoms. The van der Waals surface area contributed by atoms with Crippen LogP contribution in [-0.4, -0.2) is 18.2 Å². The largest absolute Gasteiger partial charge is 0.496 e. The standard InChI is InChI=1S/C11H13BrO2/c1-8-3-4-9(6-10(13)7-12)11(5-8)14-2/h3-5H,6-7H2,1-2H3. The van der Waals surface area contributed by atoms with Crippen molar-refractivity contribution in [1.82, 2.24) is 0 Å². The molecule has 0 saturated carbocycles. The molecule has 0 bridgehead atoms. The maximum absolute atomic E-state index is 11.2. The zero-order chi connectivity index (χ0) is 10.6. The van der Waals surface area contributed by atoms with Crippen molar-refractivity contribution in [2.45, 2.75) is 13.3 Å². The molecule has 0 spiro atoms. The molecule has 0 radical (unpaired) electrons. The second-order valence-electron chi connectivity index (χ2n) is 3.16. The lowest BCUT2D eigenvalue weighted by molar-refractivity contribution is -0.115. The minimum Gasteiger partial charge on any atom is -0.496 e. The molecular weight excluding hydrogens is 244 g/mol. The Morgan fingerprint density at radius 1 is 1.50 bits per heavy atom. The molecule has 0 heterocycles. The van der Waals surface area contributed by atoms with Crippen molar-refractivity contribution in [2.24, 2.45) is 0 Å². The summed E-state index contributed by atoms with van der Waals surface area (Å²) in [4.78, 5) is 11.2. The van der Waals surface area contributed by atoms with Gasteiger partial charge in [-0.1, -0.05) is 28.1 Å². The molecule has 3 heteroatoms. The highest BCUT2D eigenvalue weighted by atomic mass is 79.9. The van der Waals surface area contributed by atoms with Crippen LogP contribution in [0.4, 0.5) is 0 Å². The monoisotopic (exact) mass is 256 g/mol. The molecule has 0 unspecified atom stereocenters. The fourth-order valence-corrected chi connectivity index (χ4v) is 1.46. The van der Waals surface area contributed by atoms with E-state index in [1.54, 1.807) is 7.11 Å². The number of Topliss-reactive ketones (excluding diaryl/α,β-unsaturated/α-hetero) is 1. The van der Waals surface area contributed by atoms with E-state index in [1.807, 2.05) is 25.1 Å². The second-order valence-corrected chi connectivity index (χ2v) is 3.73. The van der Waals surface area contributed by atoms with E-state index in [0.29, 0.717) is 11.8 Å². The van der Waals surface area contributed by atoms with Crippen LogP contribution in [0.25, 0.3) is 0 Å². The highest BCUT2D eigenvalue weighted by Gasteiger charge is 2.07. The van der Waals surface area contributed by atoms with E-state index in [2.05, 4.69) is 15.9 Å². The zero-order valence-electron chi connectivity index (χ0n) is 8.34. The summed E-state index contributed by atoms with van der Waals surface area (Å²) in [6.45, 7) is 2.00. The summed E-state index contributed by atoms with van der Waals surface area (Å²) in [6.07, 6.45) is 0.425. The molecule has 2 nitrogen and oxygen atoms in total. The summed E-state index contributed by atoms with van der Waals surface area (Å²) in [5, 5.41) is 0.393. The van der Waals surface area contributed by atoms with E-state index in [0.717, 1.165) is 16.9 Å². The Kier molecular flexibility index (Phi) is 4.14. The first-order valence-corrected chi connectivity index (χ1v) is 5.50. The van der Waals surface area contributed by atoms with E-state index in [1.165, 1.54) is 0 Å². The molecule has 76 valence electrons. The number of hydrogen-bond acceptors (Lipinski definition) is 2. The molecule has 0 aliphatic heterocycles. The normalized spacial score (nSPS) is 9.93. The molecule has 1 rings (SSSR count). The Morgan fingerprint density at radius 2 is 2.21 bits per heavy atom. The maximum atomic E-state index is 11.2. The summed E-state index contributed by atoms with van der Waals surface area (Å²) >= 11 is 3.14. The van der Waals surface area contributed by atoms with Crippen molar-refractivity contribution in [2.75, 3.05) is 12.4 Å². The van der Waals surface area contributed by atoms with Gasteiger partial charge in [-0.15, -0.1) is 0 Å². The average Bonchev–Trinajstić information content (AvgIpc) is 2.20. The third-order valence-corrected chi connectivity index (χ3v) is 2.60. The summed E-state index contributed by atoms with van der Waals surface area (Å²) in [6, 6.07) is 5.87. The van der Waals surface area contributed by atoms with Gasteiger partial charge in [0.15, 0.2) is 0 Å². The molecule has 0 atom stereocenters. The number of aryl methyl sites for hydroxylation is 1. The van der Waals surface area contributed by atoms with E-state index < -0.39 is 0 Å². The van der Waals surface area contributed by atoms with Gasteiger partial charge in [0.05, 0.1) is 12.4 Å². The minimum absolute atomic E-state index is 0.159. The number of ether oxygens (including phenoxy) is 1. The zero-order valence-corrected chi connectivity index (χ0v) is 9.93. The van der Waals surface area contributed by atoms with Crippen molar-refractivity contribution in [3.8, 4) is 5.75 Å². The van der Waals surface area contributed by atoms with Crippen LogP contribution < -0.4 is 4.74 Å². The van der Waals surface area contributed by atoms with Gasteiger partial charge in [0.25, 0.3) is 0 Å². The van der Waals surface area contributed by atoms with Crippen LogP contribution in [0.1, 0.15) is 11.1 Å². The predicted molar refractivity (Wildman–Crippen MR) is 60.2 cm³/mol. The molecule has 0 amide bonds. The van der Waals surface area contributed by atoms with Gasteiger partial charge in [-0.05, 0) is 18.6 Å². The van der Waals surface area contributed by atoms with Crippen LogP contribution in [0.3, 0.4) is 0 Å². The van der Waals surface area contributed by atoms with Gasteiger partial charge >= 0.3 is 0 Å². The number of rotatable bonds is 4. The molecule has 0 aliphatic carbocycles. The lowest BCUT2D eigenvalue weighted by Gasteiger charge is -2.07. The van der Waals surface area contributed by atoms with Crippen LogP contribution >= 0.6 is 15.9 Å². The molecule has 0 aromatic heterocycles. The van der Waals surface area contributed by atoms with Crippen molar-refractivity contribution >= 4 is 21.7 Å². The van der Waals surface area contributed by atoms with Crippen molar-refractivity contribution in [1.29, 1.82) is 0 Å². The third kappa shape index (κ3) is 2.84. The van der Waals surface area contributed by atoms with Gasteiger partial charge in [-0.25, -0.2) is 0 Å². The SMILES string of the molecule is COc1cc(C)ccc1CC(=O)CBr. The summed E-state index contributed by atoms with van der Waals surface area (Å²) < 4.78 is 5.20. The lowest BCUT2D eigenvalue weighted by atomic mass is 10.1. The number of carbonyl (C=O) groups excluding carboxylic acids is 1. The Bertz CT molecular complexity index is 334. The van der Waals surface area contributed by atoms with Crippen LogP contribution in [-0.2, 0) is 11.2 Å². The first-order chi connectivity index (χ1) is 6.67. The Hall–Kier alpha value is -0.830. The van der Waals surface area contributed by atoms with Gasteiger partial charge in [0.2, 0.25) is 0 Å². The van der Waals surface area contributed by atoms with E-state index in [9.17, 15) is 4.79 Å². The molecule has 0 fully saturated rings. The molecule has 0 N–H and O–H groups in total. The number of carbonyl (C=O) groups is 1. The highest BCUT2D eigenvalue weighted by molar-refractivity contribution is 9.09. The smallest absolute Gasteiger partial charge is 0.147 e. The number of benzene rings is 1. The number of ketones is 1. The van der Waals surface area contributed by atoms with Crippen LogP contribution in [0.15, 0.2) is 18.2 Å². The first kappa shape index (κ1) is 11.2. The molecule has 1 aromatic rings. The number of halogens is 1. The van der Waals surface area contributed by atoms with Crippen LogP contribution in [0, 0.1) is 6.92 Å². The maximum Gasteiger partial charge on any atom is 0.147 e. The van der Waals surface area contributed by atoms with Gasteiger partial charge in [-0.2, -0.15) is 0 Å². The minimum atomic E-state index is 0.159. The summed E-state index contributed by atoms with van der Waals surface area (Å²) in [7, 11) is 1.62. The molecule has 0 aliphatic rings. The second kappa shape index (κ2) is 5.15. The summed E-state index contributed by atoms with van der Waals surface area (Å²) in [5.74, 6) is 0.950. The quantitative estimate of drug-likeness (QED) is 0.775. The molecule has 1 aromatic carbocycles. The third-order valence-electron chi connectivity index (χ3n) is 1.98. The Labute approximate surface area is 92.4 Å². The highest BCUT2D eigenvalue weighted by Crippen LogP contribution is 2.20. The van der Waals surface area contributed by atoms with Crippen molar-refractivity contribution in [3.63, 3.8) is 0 Å². The Morgan fingerprint density at radius 3 is 2.79 bits per heavy atom. The number of hydrogen-bond donors (Lipinski definition) is 0. The van der Waals surface area contributed by atoms with Gasteiger partial charge in [0.1, 0.15) is 11.5 Å². The number of alkyl halides is 1. The van der Waals surface area contributed by atoms with Crippen molar-refractivity contribution in [3.05, 3.63) is 29.3 Å². The average molecular weight is 257 g/mol. The van der Waals surface area contributed by atoms with E-state index in [-0.39, 0.29) is 5.78 Å². The first-order valence-electron chi connectivity index (χ1n) is 4.38. The topological polar surface area (TPSA) is 26.3 Å². The Balaban J connectivity index is 2.90. The van der Waals surface area contributed by atoms with E-state index in [4.69, 9.17) is 4.74 Å². The lowest BCUT2D eigenvalue weighted by Crippen LogP contribution is -2.05. The fraction of sp³-hybridized carbons (Fsp3) is 0.364. The van der Waals surface area contributed by atoms with Crippen molar-refractivity contribution < 1.29 is 9.53 Å². The van der Waals surface area contributed by atoms with Crippen LogP contribution in [0.5, 0.6) is 5.75 Å². The molecular formula is C11H13BrO2. The number of methoxy groups -OCH3 is 1. The van der Waals surface area contributed by atoms with Gasteiger partial charge in [0, 0.05) is 12.0 Å². The van der Waals surface area contributed by atoms with Crippen LogP contribution in [0.2, 0.25) is 0 Å². The van der Waals surface area contributed by atoms with Gasteiger partial charge < -0.3 is 4.74 Å². The predicted octanol–water partition coefficient (Wildman–Crippen LogP) is 2.51. The molecule has 0 saturated heterocycles. The fourth-order valence-electron chi connectivity index (χ4n) is 1.26. The van der Waals surface area contributed by atoms with Gasteiger partial charge in [-0.3, -0.25) is 4.79 Å².